The van der Waals surface area contributed by atoms with Crippen LogP contribution in [0.5, 0.6) is 5.75 Å². The molecule has 0 aromatic heterocycles. The summed E-state index contributed by atoms with van der Waals surface area (Å²) in [5, 5.41) is 0. The lowest BCUT2D eigenvalue weighted by Gasteiger charge is -2.50. The van der Waals surface area contributed by atoms with Crippen molar-refractivity contribution >= 4 is 0 Å². The molecule has 3 atom stereocenters. The quantitative estimate of drug-likeness (QED) is 0.716. The van der Waals surface area contributed by atoms with Crippen molar-refractivity contribution < 1.29 is 9.47 Å². The molecule has 3 heterocycles. The summed E-state index contributed by atoms with van der Waals surface area (Å²) in [5.74, 6) is 8.19. The summed E-state index contributed by atoms with van der Waals surface area (Å²) in [4.78, 5) is 2.44. The molecule has 3 heteroatoms. The van der Waals surface area contributed by atoms with Crippen LogP contribution in [0.25, 0.3) is 0 Å². The minimum absolute atomic E-state index is 0.0692. The lowest BCUT2D eigenvalue weighted by atomic mass is 9.73. The summed E-state index contributed by atoms with van der Waals surface area (Å²) in [5.41, 5.74) is 0.615. The zero-order valence-electron chi connectivity index (χ0n) is 15.7. The van der Waals surface area contributed by atoms with E-state index in [1.54, 1.807) is 0 Å². The first-order chi connectivity index (χ1) is 12.0. The van der Waals surface area contributed by atoms with Gasteiger partial charge in [0.2, 0.25) is 0 Å². The first-order valence-corrected chi connectivity index (χ1v) is 9.65. The Hall–Kier alpha value is -1.50. The van der Waals surface area contributed by atoms with Crippen LogP contribution in [-0.4, -0.2) is 35.7 Å². The minimum Gasteiger partial charge on any atom is -0.487 e. The van der Waals surface area contributed by atoms with Gasteiger partial charge in [-0.1, -0.05) is 30.0 Å². The average molecular weight is 339 g/mol. The van der Waals surface area contributed by atoms with Gasteiger partial charge in [0.05, 0.1) is 12.6 Å². The van der Waals surface area contributed by atoms with E-state index in [0.717, 1.165) is 25.1 Å². The molecule has 1 aromatic rings. The fraction of sp³-hybridized carbons (Fsp3) is 0.636. The number of likely N-dealkylation sites (tertiary alicyclic amines) is 1. The number of benzene rings is 1. The van der Waals surface area contributed by atoms with Crippen molar-refractivity contribution in [2.24, 2.45) is 5.92 Å². The van der Waals surface area contributed by atoms with Gasteiger partial charge < -0.3 is 9.47 Å². The molecule has 2 saturated heterocycles. The molecule has 0 amide bonds. The van der Waals surface area contributed by atoms with E-state index in [1.165, 1.54) is 31.5 Å². The molecular formula is C22H29NO2. The summed E-state index contributed by atoms with van der Waals surface area (Å²) < 4.78 is 12.9. The first kappa shape index (κ1) is 16.9. The molecule has 0 spiro atoms. The Kier molecular flexibility index (Phi) is 4.30. The second-order valence-electron chi connectivity index (χ2n) is 8.44. The highest BCUT2D eigenvalue weighted by atomic mass is 16.5. The van der Waals surface area contributed by atoms with E-state index < -0.39 is 0 Å². The van der Waals surface area contributed by atoms with Gasteiger partial charge in [-0.15, -0.1) is 0 Å². The number of para-hydroxylation sites is 1. The predicted molar refractivity (Wildman–Crippen MR) is 99.6 cm³/mol. The monoisotopic (exact) mass is 339 g/mol. The highest BCUT2D eigenvalue weighted by molar-refractivity contribution is 5.39. The maximum absolute atomic E-state index is 6.63. The molecule has 0 N–H and O–H groups in total. The van der Waals surface area contributed by atoms with Crippen LogP contribution in [0.4, 0.5) is 0 Å². The zero-order chi connectivity index (χ0) is 17.5. The van der Waals surface area contributed by atoms with Crippen LogP contribution in [0.15, 0.2) is 24.3 Å². The number of rotatable bonds is 1. The lowest BCUT2D eigenvalue weighted by molar-refractivity contribution is -0.169. The van der Waals surface area contributed by atoms with E-state index in [0.29, 0.717) is 5.92 Å². The number of ether oxygens (including phenoxy) is 2. The Labute approximate surface area is 151 Å². The van der Waals surface area contributed by atoms with Gasteiger partial charge in [0.1, 0.15) is 17.0 Å². The molecule has 2 fully saturated rings. The smallest absolute Gasteiger partial charge is 0.126 e. The molecule has 25 heavy (non-hydrogen) atoms. The third kappa shape index (κ3) is 3.30. The fourth-order valence-electron chi connectivity index (χ4n) is 4.53. The van der Waals surface area contributed by atoms with Gasteiger partial charge in [0, 0.05) is 11.5 Å². The normalized spacial score (nSPS) is 33.6. The van der Waals surface area contributed by atoms with Crippen molar-refractivity contribution in [3.8, 4) is 17.6 Å². The molecule has 3 nitrogen and oxygen atoms in total. The Bertz CT molecular complexity index is 695. The summed E-state index contributed by atoms with van der Waals surface area (Å²) >= 11 is 0. The molecule has 3 aliphatic rings. The Morgan fingerprint density at radius 1 is 1.16 bits per heavy atom. The maximum atomic E-state index is 6.63. The molecule has 0 unspecified atom stereocenters. The second-order valence-corrected chi connectivity index (χ2v) is 8.44. The Morgan fingerprint density at radius 3 is 2.72 bits per heavy atom. The fourth-order valence-corrected chi connectivity index (χ4v) is 4.53. The average Bonchev–Trinajstić information content (AvgIpc) is 3.07. The van der Waals surface area contributed by atoms with E-state index in [-0.39, 0.29) is 17.3 Å². The number of hydrogen-bond donors (Lipinski definition) is 0. The summed E-state index contributed by atoms with van der Waals surface area (Å²) in [6, 6.07) is 8.31. The van der Waals surface area contributed by atoms with Gasteiger partial charge in [-0.2, -0.15) is 0 Å². The van der Waals surface area contributed by atoms with E-state index in [1.807, 2.05) is 6.07 Å². The molecule has 3 aliphatic heterocycles. The summed E-state index contributed by atoms with van der Waals surface area (Å²) in [7, 11) is 0. The minimum atomic E-state index is -0.360. The summed E-state index contributed by atoms with van der Waals surface area (Å²) in [6.07, 6.45) is 4.74. The number of hydrogen-bond acceptors (Lipinski definition) is 3. The third-order valence-corrected chi connectivity index (χ3v) is 6.03. The van der Waals surface area contributed by atoms with Crippen molar-refractivity contribution in [3.63, 3.8) is 0 Å². The third-order valence-electron chi connectivity index (χ3n) is 6.03. The van der Waals surface area contributed by atoms with Gasteiger partial charge in [-0.25, -0.2) is 0 Å². The molecule has 4 rings (SSSR count). The Balaban J connectivity index is 1.55. The van der Waals surface area contributed by atoms with Crippen LogP contribution in [0.3, 0.4) is 0 Å². The van der Waals surface area contributed by atoms with E-state index in [9.17, 15) is 0 Å². The molecular weight excluding hydrogens is 310 g/mol. The van der Waals surface area contributed by atoms with Gasteiger partial charge in [0.25, 0.3) is 0 Å². The van der Waals surface area contributed by atoms with Crippen molar-refractivity contribution in [2.75, 3.05) is 19.6 Å². The van der Waals surface area contributed by atoms with E-state index in [4.69, 9.17) is 9.47 Å². The standard InChI is InChI=1S/C22H29NO2/c1-21(2)18-11-13-22(3,12-8-16-23-14-6-7-15-23)25-20(18)17-9-4-5-10-19(17)24-21/h4-5,9-10,18,20H,6-7,11,13-16H2,1-3H3/t18-,20-,22+/m0/s1. The highest BCUT2D eigenvalue weighted by Gasteiger charge is 2.49. The van der Waals surface area contributed by atoms with Crippen molar-refractivity contribution in [1.82, 2.24) is 4.90 Å². The van der Waals surface area contributed by atoms with Crippen LogP contribution < -0.4 is 4.74 Å². The van der Waals surface area contributed by atoms with Crippen LogP contribution in [0.2, 0.25) is 0 Å². The molecule has 0 aliphatic carbocycles. The van der Waals surface area contributed by atoms with E-state index >= 15 is 0 Å². The lowest BCUT2D eigenvalue weighted by Crippen LogP contribution is -2.50. The van der Waals surface area contributed by atoms with Crippen LogP contribution in [-0.2, 0) is 4.74 Å². The molecule has 0 bridgehead atoms. The van der Waals surface area contributed by atoms with Gasteiger partial charge >= 0.3 is 0 Å². The molecule has 0 saturated carbocycles. The van der Waals surface area contributed by atoms with Crippen molar-refractivity contribution in [1.29, 1.82) is 0 Å². The van der Waals surface area contributed by atoms with Crippen LogP contribution in [0.1, 0.15) is 58.1 Å². The highest BCUT2D eigenvalue weighted by Crippen LogP contribution is 2.52. The van der Waals surface area contributed by atoms with Crippen LogP contribution in [0, 0.1) is 17.8 Å². The SMILES string of the molecule is CC1(C)Oc2ccccc2[C@@H]2O[C@](C)(C#CCN3CCCC3)CC[C@@H]21. The topological polar surface area (TPSA) is 21.7 Å². The van der Waals surface area contributed by atoms with E-state index in [2.05, 4.69) is 55.7 Å². The molecule has 0 radical (unpaired) electrons. The molecule has 134 valence electrons. The first-order valence-electron chi connectivity index (χ1n) is 9.65. The largest absolute Gasteiger partial charge is 0.487 e. The second kappa shape index (κ2) is 6.34. The van der Waals surface area contributed by atoms with Crippen molar-refractivity contribution in [2.45, 2.75) is 63.8 Å². The van der Waals surface area contributed by atoms with Gasteiger partial charge in [0.15, 0.2) is 0 Å². The summed E-state index contributed by atoms with van der Waals surface area (Å²) in [6.45, 7) is 9.78. The number of fused-ring (bicyclic) bond motifs is 3. The zero-order valence-corrected chi connectivity index (χ0v) is 15.7. The number of nitrogens with zero attached hydrogens (tertiary/aromatic N) is 1. The van der Waals surface area contributed by atoms with Crippen LogP contribution >= 0.6 is 0 Å². The van der Waals surface area contributed by atoms with Crippen molar-refractivity contribution in [3.05, 3.63) is 29.8 Å². The predicted octanol–water partition coefficient (Wildman–Crippen LogP) is 4.18. The molecule has 1 aromatic carbocycles. The van der Waals surface area contributed by atoms with Gasteiger partial charge in [-0.05, 0) is 65.6 Å². The van der Waals surface area contributed by atoms with Gasteiger partial charge in [-0.3, -0.25) is 4.90 Å². The Morgan fingerprint density at radius 2 is 1.92 bits per heavy atom. The maximum Gasteiger partial charge on any atom is 0.126 e.